The number of benzene rings is 3. The lowest BCUT2D eigenvalue weighted by Gasteiger charge is -2.34. The fourth-order valence-electron chi connectivity index (χ4n) is 6.83. The number of fused-ring (bicyclic) bond motifs is 3. The SMILES string of the molecule is Cc1cc2c(cc1OCCCCN1CCN(CCCCOc3ccc(-c4nc5ccc(F)cc5s4)cc3)CC1)N=C[C@@H]1CCCN1C2=O. The first-order chi connectivity index (χ1) is 23.5. The van der Waals surface area contributed by atoms with Crippen LogP contribution in [0.25, 0.3) is 20.8 Å². The maximum Gasteiger partial charge on any atom is 0.256 e. The zero-order chi connectivity index (χ0) is 32.9. The van der Waals surface area contributed by atoms with Gasteiger partial charge in [0.25, 0.3) is 5.91 Å². The standard InChI is InChI=1S/C38H44FN5O3S/c1-27-23-32-34(40-26-30-7-6-16-44(30)38(32)45)25-35(27)47-22-5-3-15-43-19-17-42(18-20-43)14-2-4-21-46-31-11-8-28(9-12-31)37-41-33-13-10-29(39)24-36(33)48-37/h8-13,23-26,30H,2-7,14-22H2,1H3/t30-/m0/s1. The predicted molar refractivity (Wildman–Crippen MR) is 191 cm³/mol. The van der Waals surface area contributed by atoms with E-state index in [0.717, 1.165) is 128 Å². The molecule has 4 heterocycles. The molecule has 0 spiro atoms. The van der Waals surface area contributed by atoms with Gasteiger partial charge in [-0.3, -0.25) is 9.79 Å². The molecule has 252 valence electrons. The maximum absolute atomic E-state index is 13.5. The zero-order valence-electron chi connectivity index (χ0n) is 27.7. The average Bonchev–Trinajstić information content (AvgIpc) is 3.73. The van der Waals surface area contributed by atoms with Crippen molar-refractivity contribution in [2.75, 3.05) is 59.0 Å². The van der Waals surface area contributed by atoms with Gasteiger partial charge in [0.1, 0.15) is 22.3 Å². The van der Waals surface area contributed by atoms with Crippen LogP contribution in [-0.2, 0) is 0 Å². The molecule has 0 saturated carbocycles. The zero-order valence-corrected chi connectivity index (χ0v) is 28.5. The van der Waals surface area contributed by atoms with Crippen molar-refractivity contribution < 1.29 is 18.7 Å². The van der Waals surface area contributed by atoms with Gasteiger partial charge in [0.05, 0.1) is 40.7 Å². The number of carbonyl (C=O) groups excluding carboxylic acids is 1. The summed E-state index contributed by atoms with van der Waals surface area (Å²) in [6.45, 7) is 10.9. The van der Waals surface area contributed by atoms with Crippen molar-refractivity contribution >= 4 is 39.4 Å². The molecule has 7 rings (SSSR count). The Balaban J connectivity index is 0.752. The van der Waals surface area contributed by atoms with Gasteiger partial charge in [0.15, 0.2) is 0 Å². The van der Waals surface area contributed by atoms with E-state index in [4.69, 9.17) is 9.47 Å². The molecule has 1 aromatic heterocycles. The molecule has 2 saturated heterocycles. The lowest BCUT2D eigenvalue weighted by Crippen LogP contribution is -2.46. The van der Waals surface area contributed by atoms with Crippen LogP contribution in [0.5, 0.6) is 11.5 Å². The number of hydrogen-bond acceptors (Lipinski definition) is 8. The summed E-state index contributed by atoms with van der Waals surface area (Å²) >= 11 is 1.50. The fourth-order valence-corrected chi connectivity index (χ4v) is 7.83. The van der Waals surface area contributed by atoms with Crippen LogP contribution >= 0.6 is 11.3 Å². The molecule has 0 radical (unpaired) electrons. The number of aryl methyl sites for hydroxylation is 1. The summed E-state index contributed by atoms with van der Waals surface area (Å²) in [6.07, 6.45) is 8.23. The Bertz CT molecular complexity index is 1750. The lowest BCUT2D eigenvalue weighted by atomic mass is 10.1. The minimum absolute atomic E-state index is 0.0929. The summed E-state index contributed by atoms with van der Waals surface area (Å²) in [5, 5.41) is 0.888. The largest absolute Gasteiger partial charge is 0.494 e. The van der Waals surface area contributed by atoms with Crippen LogP contribution in [-0.4, -0.2) is 96.9 Å². The van der Waals surface area contributed by atoms with Crippen molar-refractivity contribution in [1.82, 2.24) is 19.7 Å². The van der Waals surface area contributed by atoms with Gasteiger partial charge in [-0.15, -0.1) is 11.3 Å². The van der Waals surface area contributed by atoms with Gasteiger partial charge in [0, 0.05) is 50.6 Å². The Morgan fingerprint density at radius 3 is 2.35 bits per heavy atom. The topological polar surface area (TPSA) is 70.5 Å². The molecule has 0 bridgehead atoms. The summed E-state index contributed by atoms with van der Waals surface area (Å²) in [6, 6.07) is 16.8. The van der Waals surface area contributed by atoms with Crippen LogP contribution in [0.3, 0.4) is 0 Å². The molecule has 0 N–H and O–H groups in total. The summed E-state index contributed by atoms with van der Waals surface area (Å²) in [5.74, 6) is 1.56. The minimum Gasteiger partial charge on any atom is -0.494 e. The first kappa shape index (κ1) is 32.7. The second-order valence-electron chi connectivity index (χ2n) is 13.1. The van der Waals surface area contributed by atoms with Crippen LogP contribution in [0.2, 0.25) is 0 Å². The Hall–Kier alpha value is -3.86. The highest BCUT2D eigenvalue weighted by Crippen LogP contribution is 2.34. The van der Waals surface area contributed by atoms with E-state index < -0.39 is 0 Å². The van der Waals surface area contributed by atoms with E-state index in [9.17, 15) is 9.18 Å². The average molecular weight is 670 g/mol. The normalized spacial score (nSPS) is 18.2. The minimum atomic E-state index is -0.234. The Morgan fingerprint density at radius 1 is 0.875 bits per heavy atom. The number of hydrogen-bond donors (Lipinski definition) is 0. The third-order valence-corrected chi connectivity index (χ3v) is 10.7. The Kier molecular flexibility index (Phi) is 10.3. The molecule has 0 aliphatic carbocycles. The monoisotopic (exact) mass is 669 g/mol. The van der Waals surface area contributed by atoms with E-state index in [-0.39, 0.29) is 17.8 Å². The summed E-state index contributed by atoms with van der Waals surface area (Å²) in [5.41, 5.74) is 4.26. The number of thiazole rings is 1. The molecule has 8 nitrogen and oxygen atoms in total. The second-order valence-corrected chi connectivity index (χ2v) is 14.1. The molecule has 3 aliphatic rings. The van der Waals surface area contributed by atoms with E-state index >= 15 is 0 Å². The summed E-state index contributed by atoms with van der Waals surface area (Å²) < 4.78 is 26.5. The van der Waals surface area contributed by atoms with E-state index in [1.165, 1.54) is 23.5 Å². The van der Waals surface area contributed by atoms with Crippen molar-refractivity contribution in [2.45, 2.75) is 51.5 Å². The van der Waals surface area contributed by atoms with Gasteiger partial charge in [-0.2, -0.15) is 0 Å². The highest BCUT2D eigenvalue weighted by molar-refractivity contribution is 7.21. The van der Waals surface area contributed by atoms with Crippen molar-refractivity contribution in [3.8, 4) is 22.1 Å². The third-order valence-electron chi connectivity index (χ3n) is 9.65. The van der Waals surface area contributed by atoms with E-state index in [0.29, 0.717) is 18.8 Å². The molecule has 3 aromatic carbocycles. The molecule has 48 heavy (non-hydrogen) atoms. The number of ether oxygens (including phenoxy) is 2. The van der Waals surface area contributed by atoms with E-state index in [1.54, 1.807) is 6.07 Å². The second kappa shape index (κ2) is 15.1. The number of carbonyl (C=O) groups is 1. The highest BCUT2D eigenvalue weighted by atomic mass is 32.1. The lowest BCUT2D eigenvalue weighted by molar-refractivity contribution is 0.0774. The van der Waals surface area contributed by atoms with Gasteiger partial charge in [-0.05, 0) is 113 Å². The third kappa shape index (κ3) is 7.72. The van der Waals surface area contributed by atoms with Crippen LogP contribution in [0.4, 0.5) is 10.1 Å². The first-order valence-electron chi connectivity index (χ1n) is 17.4. The number of unbranched alkanes of at least 4 members (excludes halogenated alkanes) is 2. The van der Waals surface area contributed by atoms with Gasteiger partial charge < -0.3 is 24.2 Å². The molecule has 2 fully saturated rings. The number of nitrogens with zero attached hydrogens (tertiary/aromatic N) is 5. The van der Waals surface area contributed by atoms with Crippen LogP contribution < -0.4 is 9.47 Å². The highest BCUT2D eigenvalue weighted by Gasteiger charge is 2.32. The van der Waals surface area contributed by atoms with Crippen LogP contribution in [0, 0.1) is 12.7 Å². The van der Waals surface area contributed by atoms with Gasteiger partial charge in [-0.25, -0.2) is 9.37 Å². The van der Waals surface area contributed by atoms with Crippen molar-refractivity contribution in [3.63, 3.8) is 0 Å². The van der Waals surface area contributed by atoms with Crippen LogP contribution in [0.1, 0.15) is 54.4 Å². The summed E-state index contributed by atoms with van der Waals surface area (Å²) in [4.78, 5) is 29.4. The molecule has 3 aliphatic heterocycles. The van der Waals surface area contributed by atoms with Crippen molar-refractivity contribution in [1.29, 1.82) is 0 Å². The van der Waals surface area contributed by atoms with Gasteiger partial charge in [0.2, 0.25) is 0 Å². The molecule has 1 amide bonds. The number of rotatable bonds is 13. The number of aromatic nitrogens is 1. The smallest absolute Gasteiger partial charge is 0.256 e. The first-order valence-corrected chi connectivity index (χ1v) is 18.2. The van der Waals surface area contributed by atoms with Gasteiger partial charge in [-0.1, -0.05) is 0 Å². The molecular formula is C38H44FN5O3S. The molecule has 4 aromatic rings. The molecule has 10 heteroatoms. The number of halogens is 1. The van der Waals surface area contributed by atoms with Crippen LogP contribution in [0.15, 0.2) is 59.6 Å². The van der Waals surface area contributed by atoms with E-state index in [2.05, 4.69) is 19.8 Å². The van der Waals surface area contributed by atoms with Crippen molar-refractivity contribution in [2.24, 2.45) is 4.99 Å². The van der Waals surface area contributed by atoms with Gasteiger partial charge >= 0.3 is 0 Å². The molecule has 0 unspecified atom stereocenters. The number of piperazine rings is 1. The molecule has 1 atom stereocenters. The maximum atomic E-state index is 13.5. The number of aliphatic imine (C=N–C) groups is 1. The predicted octanol–water partition coefficient (Wildman–Crippen LogP) is 7.37. The Morgan fingerprint density at radius 2 is 1.60 bits per heavy atom. The van der Waals surface area contributed by atoms with Crippen molar-refractivity contribution in [3.05, 3.63) is 71.5 Å². The Labute approximate surface area is 286 Å². The van der Waals surface area contributed by atoms with E-state index in [1.807, 2.05) is 54.4 Å². The molecular weight excluding hydrogens is 626 g/mol. The number of amides is 1. The fraction of sp³-hybridized carbons (Fsp3) is 0.447. The quantitative estimate of drug-likeness (QED) is 0.139. The summed E-state index contributed by atoms with van der Waals surface area (Å²) in [7, 11) is 0.